The number of hydrogen-bond donors (Lipinski definition) is 0. The summed E-state index contributed by atoms with van der Waals surface area (Å²) in [6.07, 6.45) is 7.13. The van der Waals surface area contributed by atoms with Crippen LogP contribution in [0.4, 0.5) is 4.39 Å². The van der Waals surface area contributed by atoms with Gasteiger partial charge in [-0.05, 0) is 62.5 Å². The summed E-state index contributed by atoms with van der Waals surface area (Å²) in [4.78, 5) is 7.21. The lowest BCUT2D eigenvalue weighted by Crippen LogP contribution is -2.50. The fraction of sp³-hybridized carbons (Fsp3) is 0.421. The Morgan fingerprint density at radius 2 is 1.86 bits per heavy atom. The van der Waals surface area contributed by atoms with Crippen molar-refractivity contribution in [1.82, 2.24) is 9.88 Å². The Morgan fingerprint density at radius 1 is 1.05 bits per heavy atom. The van der Waals surface area contributed by atoms with Gasteiger partial charge in [0.15, 0.2) is 0 Å². The van der Waals surface area contributed by atoms with E-state index >= 15 is 0 Å². The van der Waals surface area contributed by atoms with Gasteiger partial charge < -0.3 is 4.90 Å². The highest BCUT2D eigenvalue weighted by Crippen LogP contribution is 2.41. The van der Waals surface area contributed by atoms with E-state index in [0.29, 0.717) is 5.41 Å². The molecule has 22 heavy (non-hydrogen) atoms. The van der Waals surface area contributed by atoms with Gasteiger partial charge in [0.25, 0.3) is 0 Å². The van der Waals surface area contributed by atoms with Crippen LogP contribution in [0.5, 0.6) is 0 Å². The molecule has 2 aliphatic heterocycles. The number of hydrogen-bond acceptors (Lipinski definition) is 2. The van der Waals surface area contributed by atoms with Crippen LogP contribution in [-0.4, -0.2) is 29.5 Å². The van der Waals surface area contributed by atoms with E-state index in [1.807, 2.05) is 18.3 Å². The molecule has 0 N–H and O–H groups in total. The number of rotatable bonds is 2. The Bertz CT molecular complexity index is 655. The minimum atomic E-state index is -0.211. The van der Waals surface area contributed by atoms with Crippen molar-refractivity contribution in [2.75, 3.05) is 19.6 Å². The molecular weight excluding hydrogens is 275 g/mol. The van der Waals surface area contributed by atoms with Crippen molar-refractivity contribution in [1.29, 1.82) is 0 Å². The third kappa shape index (κ3) is 2.44. The maximum absolute atomic E-state index is 13.4. The van der Waals surface area contributed by atoms with Crippen LogP contribution in [0.2, 0.25) is 0 Å². The number of benzene rings is 1. The van der Waals surface area contributed by atoms with Crippen molar-refractivity contribution in [2.45, 2.75) is 31.1 Å². The number of halogens is 1. The minimum Gasteiger partial charge on any atom is -0.302 e. The molecule has 2 bridgehead atoms. The average molecular weight is 296 g/mol. The molecule has 2 aliphatic rings. The average Bonchev–Trinajstić information content (AvgIpc) is 2.55. The van der Waals surface area contributed by atoms with Crippen LogP contribution in [0.1, 0.15) is 31.2 Å². The SMILES string of the molecule is Fc1cccc(-c2ccc(C34CCCN(CCC3)C4)cn2)c1. The number of pyridine rings is 1. The summed E-state index contributed by atoms with van der Waals surface area (Å²) in [5, 5.41) is 0. The molecule has 2 aromatic rings. The van der Waals surface area contributed by atoms with E-state index in [-0.39, 0.29) is 5.82 Å². The van der Waals surface area contributed by atoms with Crippen LogP contribution in [0.25, 0.3) is 11.3 Å². The Balaban J connectivity index is 1.64. The molecule has 3 heterocycles. The summed E-state index contributed by atoms with van der Waals surface area (Å²) in [7, 11) is 0. The van der Waals surface area contributed by atoms with Crippen LogP contribution in [0.15, 0.2) is 42.6 Å². The topological polar surface area (TPSA) is 16.1 Å². The molecule has 0 aliphatic carbocycles. The highest BCUT2D eigenvalue weighted by molar-refractivity contribution is 5.59. The molecule has 0 unspecified atom stereocenters. The second kappa shape index (κ2) is 5.47. The lowest BCUT2D eigenvalue weighted by molar-refractivity contribution is 0.0941. The largest absolute Gasteiger partial charge is 0.302 e. The summed E-state index contributed by atoms with van der Waals surface area (Å²) in [5.41, 5.74) is 3.35. The van der Waals surface area contributed by atoms with E-state index in [2.05, 4.69) is 16.0 Å². The molecule has 114 valence electrons. The summed E-state index contributed by atoms with van der Waals surface area (Å²) < 4.78 is 13.4. The molecule has 2 saturated heterocycles. The van der Waals surface area contributed by atoms with Crippen LogP contribution in [0.3, 0.4) is 0 Å². The van der Waals surface area contributed by atoms with Crippen molar-refractivity contribution < 1.29 is 4.39 Å². The van der Waals surface area contributed by atoms with Crippen molar-refractivity contribution in [2.24, 2.45) is 0 Å². The quantitative estimate of drug-likeness (QED) is 0.832. The van der Waals surface area contributed by atoms with Gasteiger partial charge in [-0.2, -0.15) is 0 Å². The van der Waals surface area contributed by atoms with Gasteiger partial charge in [-0.3, -0.25) is 4.98 Å². The van der Waals surface area contributed by atoms with Crippen LogP contribution in [-0.2, 0) is 5.41 Å². The molecular formula is C19H21FN2. The van der Waals surface area contributed by atoms with E-state index < -0.39 is 0 Å². The maximum Gasteiger partial charge on any atom is 0.123 e. The Labute approximate surface area is 131 Å². The zero-order chi connectivity index (χ0) is 15.0. The Kier molecular flexibility index (Phi) is 3.45. The third-order valence-electron chi connectivity index (χ3n) is 5.28. The second-order valence-electron chi connectivity index (χ2n) is 6.71. The van der Waals surface area contributed by atoms with E-state index in [4.69, 9.17) is 0 Å². The summed E-state index contributed by atoms with van der Waals surface area (Å²) in [5.74, 6) is -0.211. The first-order valence-corrected chi connectivity index (χ1v) is 8.20. The molecule has 1 aromatic carbocycles. The predicted octanol–water partition coefficient (Wildman–Crippen LogP) is 4.02. The molecule has 0 saturated carbocycles. The molecule has 0 atom stereocenters. The Hall–Kier alpha value is -1.74. The molecule has 4 rings (SSSR count). The first-order chi connectivity index (χ1) is 10.8. The van der Waals surface area contributed by atoms with Gasteiger partial charge in [0.2, 0.25) is 0 Å². The standard InChI is InChI=1S/C19H21FN2/c20-17-5-1-4-15(12-17)18-7-6-16(13-21-18)19-8-2-10-22(14-19)11-3-9-19/h1,4-7,12-13H,2-3,8-11,14H2. The van der Waals surface area contributed by atoms with Crippen LogP contribution >= 0.6 is 0 Å². The van der Waals surface area contributed by atoms with E-state index in [9.17, 15) is 4.39 Å². The van der Waals surface area contributed by atoms with Crippen LogP contribution in [0, 0.1) is 5.82 Å². The molecule has 0 spiro atoms. The lowest BCUT2D eigenvalue weighted by atomic mass is 9.69. The van der Waals surface area contributed by atoms with E-state index in [1.165, 1.54) is 56.9 Å². The number of piperidine rings is 2. The van der Waals surface area contributed by atoms with Crippen molar-refractivity contribution in [3.63, 3.8) is 0 Å². The predicted molar refractivity (Wildman–Crippen MR) is 86.2 cm³/mol. The highest BCUT2D eigenvalue weighted by atomic mass is 19.1. The molecule has 0 amide bonds. The summed E-state index contributed by atoms with van der Waals surface area (Å²) in [6.45, 7) is 3.67. The monoisotopic (exact) mass is 296 g/mol. The first-order valence-electron chi connectivity index (χ1n) is 8.20. The number of fused-ring (bicyclic) bond motifs is 2. The number of nitrogens with zero attached hydrogens (tertiary/aromatic N) is 2. The normalized spacial score (nSPS) is 27.6. The maximum atomic E-state index is 13.4. The minimum absolute atomic E-state index is 0.211. The van der Waals surface area contributed by atoms with Crippen molar-refractivity contribution >= 4 is 0 Å². The summed E-state index contributed by atoms with van der Waals surface area (Å²) >= 11 is 0. The third-order valence-corrected chi connectivity index (χ3v) is 5.28. The summed E-state index contributed by atoms with van der Waals surface area (Å²) in [6, 6.07) is 10.9. The fourth-order valence-electron chi connectivity index (χ4n) is 4.17. The van der Waals surface area contributed by atoms with Crippen LogP contribution < -0.4 is 0 Å². The van der Waals surface area contributed by atoms with Gasteiger partial charge in [0.05, 0.1) is 5.69 Å². The fourth-order valence-corrected chi connectivity index (χ4v) is 4.17. The van der Waals surface area contributed by atoms with Gasteiger partial charge in [-0.25, -0.2) is 4.39 Å². The smallest absolute Gasteiger partial charge is 0.123 e. The Morgan fingerprint density at radius 3 is 2.55 bits per heavy atom. The highest BCUT2D eigenvalue weighted by Gasteiger charge is 2.39. The first kappa shape index (κ1) is 13.9. The van der Waals surface area contributed by atoms with Gasteiger partial charge in [0.1, 0.15) is 5.82 Å². The van der Waals surface area contributed by atoms with Crippen molar-refractivity contribution in [3.8, 4) is 11.3 Å². The van der Waals surface area contributed by atoms with E-state index in [0.717, 1.165) is 11.3 Å². The molecule has 2 nitrogen and oxygen atoms in total. The number of aromatic nitrogens is 1. The molecule has 3 heteroatoms. The van der Waals surface area contributed by atoms with Crippen molar-refractivity contribution in [3.05, 3.63) is 54.0 Å². The van der Waals surface area contributed by atoms with E-state index in [1.54, 1.807) is 12.1 Å². The molecule has 2 fully saturated rings. The van der Waals surface area contributed by atoms with Gasteiger partial charge in [0, 0.05) is 23.7 Å². The second-order valence-corrected chi connectivity index (χ2v) is 6.71. The zero-order valence-electron chi connectivity index (χ0n) is 12.8. The van der Waals surface area contributed by atoms with Gasteiger partial charge in [-0.15, -0.1) is 0 Å². The van der Waals surface area contributed by atoms with Gasteiger partial charge in [-0.1, -0.05) is 18.2 Å². The lowest BCUT2D eigenvalue weighted by Gasteiger charge is -2.47. The zero-order valence-corrected chi connectivity index (χ0v) is 12.8. The van der Waals surface area contributed by atoms with Gasteiger partial charge >= 0.3 is 0 Å². The molecule has 1 aromatic heterocycles. The molecule has 0 radical (unpaired) electrons.